The molecule has 2 amide bonds. The van der Waals surface area contributed by atoms with E-state index in [0.29, 0.717) is 11.5 Å². The molecule has 1 saturated carbocycles. The average Bonchev–Trinajstić information content (AvgIpc) is 3.50. The van der Waals surface area contributed by atoms with Crippen molar-refractivity contribution in [3.8, 4) is 0 Å². The minimum absolute atomic E-state index is 0. The number of hydrogen-bond donors (Lipinski definition) is 4. The first-order valence-corrected chi connectivity index (χ1v) is 9.61. The van der Waals surface area contributed by atoms with Gasteiger partial charge in [0.05, 0.1) is 12.6 Å². The normalized spacial score (nSPS) is 13.3. The van der Waals surface area contributed by atoms with Crippen molar-refractivity contribution in [3.63, 3.8) is 0 Å². The number of ether oxygens (including phenoxy) is 1. The topological polar surface area (TPSA) is 101 Å². The van der Waals surface area contributed by atoms with E-state index in [2.05, 4.69) is 20.9 Å². The van der Waals surface area contributed by atoms with E-state index in [-0.39, 0.29) is 40.7 Å². The molecule has 1 atom stereocenters. The first-order valence-electron chi connectivity index (χ1n) is 9.61. The molecule has 0 unspecified atom stereocenters. The summed E-state index contributed by atoms with van der Waals surface area (Å²) < 4.78 is 18.1. The Labute approximate surface area is 198 Å². The van der Waals surface area contributed by atoms with E-state index in [1.807, 2.05) is 14.0 Å². The van der Waals surface area contributed by atoms with Crippen LogP contribution in [0.25, 0.3) is 0 Å². The van der Waals surface area contributed by atoms with Gasteiger partial charge in [0.25, 0.3) is 0 Å². The second-order valence-electron chi connectivity index (χ2n) is 7.09. The number of hydrogen-bond acceptors (Lipinski definition) is 5. The molecule has 1 aromatic carbocycles. The van der Waals surface area contributed by atoms with Gasteiger partial charge >= 0.3 is 6.03 Å². The van der Waals surface area contributed by atoms with Crippen molar-refractivity contribution in [1.82, 2.24) is 15.6 Å². The molecular weight excluding hydrogens is 500 g/mol. The zero-order valence-electron chi connectivity index (χ0n) is 17.6. The van der Waals surface area contributed by atoms with Crippen LogP contribution in [0.1, 0.15) is 34.3 Å². The van der Waals surface area contributed by atoms with Crippen LogP contribution in [-0.4, -0.2) is 38.3 Å². The largest absolute Gasteiger partial charge is 0.398 e. The third-order valence-electron chi connectivity index (χ3n) is 4.49. The SMILES string of the molecule is CNCC1CC1.COC[C@@H](NC(=O)Nc1cc(N)c(C)cn1)c1ccc(F)cc1.I.[HH].[HH].[HH]. The van der Waals surface area contributed by atoms with Gasteiger partial charge in [0.1, 0.15) is 11.6 Å². The third kappa shape index (κ3) is 9.23. The zero-order valence-corrected chi connectivity index (χ0v) is 19.9. The molecule has 1 fully saturated rings. The van der Waals surface area contributed by atoms with Crippen LogP contribution >= 0.6 is 24.0 Å². The molecule has 1 aromatic heterocycles. The fraction of sp³-hybridized carbons (Fsp3) is 0.429. The monoisotopic (exact) mass is 537 g/mol. The summed E-state index contributed by atoms with van der Waals surface area (Å²) in [5.74, 6) is 1.05. The van der Waals surface area contributed by atoms with E-state index >= 15 is 0 Å². The number of urea groups is 1. The summed E-state index contributed by atoms with van der Waals surface area (Å²) >= 11 is 0. The molecule has 0 saturated heterocycles. The van der Waals surface area contributed by atoms with Gasteiger partial charge in [-0.05, 0) is 62.5 Å². The predicted octanol–water partition coefficient (Wildman–Crippen LogP) is 4.59. The van der Waals surface area contributed by atoms with Crippen molar-refractivity contribution in [2.24, 2.45) is 5.92 Å². The van der Waals surface area contributed by atoms with E-state index < -0.39 is 12.1 Å². The van der Waals surface area contributed by atoms with Gasteiger partial charge in [0.2, 0.25) is 0 Å². The Morgan fingerprint density at radius 3 is 2.53 bits per heavy atom. The lowest BCUT2D eigenvalue weighted by Crippen LogP contribution is -2.35. The van der Waals surface area contributed by atoms with Gasteiger partial charge < -0.3 is 21.1 Å². The minimum Gasteiger partial charge on any atom is -0.398 e. The Kier molecular flexibility index (Phi) is 11.6. The molecule has 172 valence electrons. The van der Waals surface area contributed by atoms with Gasteiger partial charge in [0.15, 0.2) is 0 Å². The fourth-order valence-corrected chi connectivity index (χ4v) is 2.61. The van der Waals surface area contributed by atoms with Crippen LogP contribution in [0, 0.1) is 18.7 Å². The number of pyridine rings is 1. The molecule has 1 aliphatic carbocycles. The van der Waals surface area contributed by atoms with Crippen molar-refractivity contribution in [2.75, 3.05) is 38.4 Å². The minimum atomic E-state index is -0.452. The number of halogens is 2. The van der Waals surface area contributed by atoms with Crippen LogP contribution in [0.2, 0.25) is 0 Å². The Morgan fingerprint density at radius 2 is 2.03 bits per heavy atom. The number of carbonyl (C=O) groups is 1. The molecule has 1 aliphatic rings. The van der Waals surface area contributed by atoms with E-state index in [9.17, 15) is 9.18 Å². The second kappa shape index (κ2) is 13.3. The fourth-order valence-electron chi connectivity index (χ4n) is 2.61. The van der Waals surface area contributed by atoms with E-state index in [4.69, 9.17) is 10.5 Å². The highest BCUT2D eigenvalue weighted by Gasteiger charge is 2.19. The van der Waals surface area contributed by atoms with E-state index in [1.165, 1.54) is 38.6 Å². The van der Waals surface area contributed by atoms with Crippen molar-refractivity contribution in [1.29, 1.82) is 0 Å². The maximum absolute atomic E-state index is 13.0. The highest BCUT2D eigenvalue weighted by Crippen LogP contribution is 2.27. The maximum Gasteiger partial charge on any atom is 0.320 e. The van der Waals surface area contributed by atoms with Crippen LogP contribution < -0.4 is 21.7 Å². The molecular formula is C21H37FIN5O2. The Hall–Kier alpha value is -1.98. The first-order chi connectivity index (χ1) is 13.9. The number of carbonyl (C=O) groups excluding carboxylic acids is 1. The predicted molar refractivity (Wildman–Crippen MR) is 135 cm³/mol. The number of rotatable bonds is 7. The lowest BCUT2D eigenvalue weighted by molar-refractivity contribution is 0.168. The second-order valence-corrected chi connectivity index (χ2v) is 7.09. The summed E-state index contributed by atoms with van der Waals surface area (Å²) in [7, 11) is 3.54. The van der Waals surface area contributed by atoms with Crippen LogP contribution in [0.4, 0.5) is 20.7 Å². The number of benzene rings is 1. The standard InChI is InChI=1S/C16H19FN4O2.C5H11N.HI.3H2/c1-10-8-19-15(7-13(10)18)21-16(22)20-14(9-23-2)11-3-5-12(17)6-4-11;1-6-4-5-2-3-5;;;;/h3-8,14H,9H2,1-2H3,(H4,18,19,20,21,22);5-6H,2-4H2,1H3;4*1H/t14-;;;;;/m1...../s1. The number of anilines is 2. The average molecular weight is 537 g/mol. The molecule has 7 nitrogen and oxygen atoms in total. The summed E-state index contributed by atoms with van der Waals surface area (Å²) in [4.78, 5) is 16.2. The van der Waals surface area contributed by atoms with Crippen molar-refractivity contribution in [3.05, 3.63) is 53.5 Å². The number of nitrogens with zero attached hydrogens (tertiary/aromatic N) is 1. The van der Waals surface area contributed by atoms with Crippen molar-refractivity contribution >= 4 is 41.5 Å². The van der Waals surface area contributed by atoms with Gasteiger partial charge in [-0.3, -0.25) is 5.32 Å². The molecule has 30 heavy (non-hydrogen) atoms. The van der Waals surface area contributed by atoms with Crippen LogP contribution in [0.15, 0.2) is 36.5 Å². The van der Waals surface area contributed by atoms with Gasteiger partial charge in [-0.15, -0.1) is 24.0 Å². The third-order valence-corrected chi connectivity index (χ3v) is 4.49. The molecule has 0 spiro atoms. The maximum atomic E-state index is 13.0. The molecule has 3 rings (SSSR count). The summed E-state index contributed by atoms with van der Waals surface area (Å²) in [5, 5.41) is 8.50. The number of nitrogen functional groups attached to an aromatic ring is 1. The molecule has 0 bridgehead atoms. The quantitative estimate of drug-likeness (QED) is 0.387. The van der Waals surface area contributed by atoms with Crippen molar-refractivity contribution < 1.29 is 18.2 Å². The summed E-state index contributed by atoms with van der Waals surface area (Å²) in [6, 6.07) is 6.58. The first kappa shape index (κ1) is 26.1. The lowest BCUT2D eigenvalue weighted by Gasteiger charge is -2.18. The summed E-state index contributed by atoms with van der Waals surface area (Å²) in [6.45, 7) is 3.32. The van der Waals surface area contributed by atoms with Crippen LogP contribution in [0.5, 0.6) is 0 Å². The van der Waals surface area contributed by atoms with Gasteiger partial charge in [-0.1, -0.05) is 12.1 Å². The number of amides is 2. The number of aryl methyl sites for hydroxylation is 1. The van der Waals surface area contributed by atoms with Crippen LogP contribution in [-0.2, 0) is 4.74 Å². The van der Waals surface area contributed by atoms with E-state index in [0.717, 1.165) is 17.0 Å². The molecule has 0 radical (unpaired) electrons. The molecule has 9 heteroatoms. The number of methoxy groups -OCH3 is 1. The highest BCUT2D eigenvalue weighted by molar-refractivity contribution is 14.0. The number of aromatic nitrogens is 1. The Balaban J connectivity index is -0.000000787. The van der Waals surface area contributed by atoms with Gasteiger partial charge in [-0.2, -0.15) is 0 Å². The molecule has 0 aliphatic heterocycles. The Morgan fingerprint density at radius 1 is 1.37 bits per heavy atom. The lowest BCUT2D eigenvalue weighted by atomic mass is 10.1. The smallest absolute Gasteiger partial charge is 0.320 e. The Bertz CT molecular complexity index is 802. The number of nitrogens with two attached hydrogens (primary N) is 1. The van der Waals surface area contributed by atoms with Crippen LogP contribution in [0.3, 0.4) is 0 Å². The zero-order chi connectivity index (χ0) is 21.2. The number of nitrogens with one attached hydrogen (secondary N) is 3. The summed E-state index contributed by atoms with van der Waals surface area (Å²) in [6.07, 6.45) is 4.50. The molecule has 5 N–H and O–H groups in total. The molecule has 2 aromatic rings. The van der Waals surface area contributed by atoms with Gasteiger partial charge in [0, 0.05) is 29.3 Å². The van der Waals surface area contributed by atoms with E-state index in [1.54, 1.807) is 24.4 Å². The summed E-state index contributed by atoms with van der Waals surface area (Å²) in [5.41, 5.74) is 7.90. The van der Waals surface area contributed by atoms with Gasteiger partial charge in [-0.25, -0.2) is 14.2 Å². The molecule has 1 heterocycles. The van der Waals surface area contributed by atoms with Crippen molar-refractivity contribution in [2.45, 2.75) is 25.8 Å². The highest BCUT2D eigenvalue weighted by atomic mass is 127.